The molecule has 5 nitrogen and oxygen atoms in total. The van der Waals surface area contributed by atoms with Crippen molar-refractivity contribution in [3.63, 3.8) is 0 Å². The van der Waals surface area contributed by atoms with Gasteiger partial charge in [-0.2, -0.15) is 0 Å². The maximum Gasteiger partial charge on any atom is 0.321 e. The van der Waals surface area contributed by atoms with E-state index in [0.29, 0.717) is 5.92 Å². The van der Waals surface area contributed by atoms with Gasteiger partial charge in [-0.1, -0.05) is 56.0 Å². The minimum Gasteiger partial charge on any atom is -0.361 e. The number of benzene rings is 2. The van der Waals surface area contributed by atoms with Gasteiger partial charge in [-0.3, -0.25) is 10.1 Å². The first kappa shape index (κ1) is 19.2. The van der Waals surface area contributed by atoms with E-state index >= 15 is 0 Å². The Balaban J connectivity index is 1.57. The van der Waals surface area contributed by atoms with Crippen molar-refractivity contribution in [1.82, 2.24) is 15.6 Å². The first-order valence-corrected chi connectivity index (χ1v) is 10.3. The lowest BCUT2D eigenvalue weighted by Gasteiger charge is -2.20. The number of aromatic amines is 1. The molecule has 3 amide bonds. The number of hydrogen-bond donors (Lipinski definition) is 3. The zero-order valence-electron chi connectivity index (χ0n) is 16.7. The van der Waals surface area contributed by atoms with Crippen LogP contribution in [0.4, 0.5) is 4.79 Å². The zero-order valence-corrected chi connectivity index (χ0v) is 16.7. The van der Waals surface area contributed by atoms with Gasteiger partial charge >= 0.3 is 6.03 Å². The molecule has 1 aliphatic carbocycles. The molecule has 1 atom stereocenters. The van der Waals surface area contributed by atoms with E-state index in [1.807, 2.05) is 18.3 Å². The van der Waals surface area contributed by atoms with Crippen LogP contribution in [0.25, 0.3) is 22.0 Å². The van der Waals surface area contributed by atoms with Gasteiger partial charge in [0.25, 0.3) is 0 Å². The molecular formula is C24H27N3O2. The second kappa shape index (κ2) is 8.52. The summed E-state index contributed by atoms with van der Waals surface area (Å²) in [5, 5.41) is 6.12. The highest BCUT2D eigenvalue weighted by Crippen LogP contribution is 2.35. The fourth-order valence-electron chi connectivity index (χ4n) is 4.38. The van der Waals surface area contributed by atoms with E-state index in [4.69, 9.17) is 0 Å². The molecular weight excluding hydrogens is 362 g/mol. The van der Waals surface area contributed by atoms with Gasteiger partial charge in [-0.05, 0) is 52.6 Å². The molecule has 0 saturated heterocycles. The third kappa shape index (κ3) is 4.34. The molecule has 29 heavy (non-hydrogen) atoms. The summed E-state index contributed by atoms with van der Waals surface area (Å²) in [6.07, 6.45) is 7.52. The van der Waals surface area contributed by atoms with Crippen LogP contribution < -0.4 is 10.6 Å². The summed E-state index contributed by atoms with van der Waals surface area (Å²) in [5.74, 6) is 0.0143. The Hall–Kier alpha value is -3.08. The predicted molar refractivity (Wildman–Crippen MR) is 116 cm³/mol. The summed E-state index contributed by atoms with van der Waals surface area (Å²) in [6.45, 7) is 0. The maximum absolute atomic E-state index is 12.8. The third-order valence-corrected chi connectivity index (χ3v) is 6.02. The van der Waals surface area contributed by atoms with E-state index < -0.39 is 6.03 Å². The minimum absolute atomic E-state index is 0.224. The van der Waals surface area contributed by atoms with Gasteiger partial charge in [0.15, 0.2) is 0 Å². The molecule has 2 aromatic carbocycles. The highest BCUT2D eigenvalue weighted by atomic mass is 16.2. The van der Waals surface area contributed by atoms with E-state index in [1.165, 1.54) is 38.1 Å². The molecule has 0 spiro atoms. The fourth-order valence-corrected chi connectivity index (χ4v) is 4.38. The Morgan fingerprint density at radius 3 is 2.48 bits per heavy atom. The summed E-state index contributed by atoms with van der Waals surface area (Å²) in [7, 11) is 1.52. The lowest BCUT2D eigenvalue weighted by Crippen LogP contribution is -2.40. The van der Waals surface area contributed by atoms with Crippen molar-refractivity contribution in [3.05, 3.63) is 60.3 Å². The summed E-state index contributed by atoms with van der Waals surface area (Å²) in [4.78, 5) is 27.7. The molecule has 0 aliphatic heterocycles. The fraction of sp³-hybridized carbons (Fsp3) is 0.333. The van der Waals surface area contributed by atoms with Crippen molar-refractivity contribution in [3.8, 4) is 11.1 Å². The van der Waals surface area contributed by atoms with Crippen molar-refractivity contribution >= 4 is 22.8 Å². The lowest BCUT2D eigenvalue weighted by atomic mass is 9.86. The number of H-pyrrole nitrogens is 1. The number of nitrogens with one attached hydrogen (secondary N) is 3. The largest absolute Gasteiger partial charge is 0.361 e. The van der Waals surface area contributed by atoms with Crippen LogP contribution in [0.2, 0.25) is 0 Å². The predicted octanol–water partition coefficient (Wildman–Crippen LogP) is 4.95. The molecule has 4 rings (SSSR count). The van der Waals surface area contributed by atoms with Gasteiger partial charge in [0.1, 0.15) is 0 Å². The number of fused-ring (bicyclic) bond motifs is 1. The Kier molecular flexibility index (Phi) is 5.65. The molecule has 1 saturated carbocycles. The van der Waals surface area contributed by atoms with Gasteiger partial charge < -0.3 is 10.3 Å². The number of urea groups is 1. The van der Waals surface area contributed by atoms with Crippen LogP contribution in [-0.2, 0) is 4.79 Å². The van der Waals surface area contributed by atoms with Gasteiger partial charge in [0.05, 0.1) is 5.92 Å². The SMILES string of the molecule is CNC(=O)NC(=O)C(CC1CCCC1)c1ccc(-c2ccc3[nH]ccc3c2)cc1. The van der Waals surface area contributed by atoms with Gasteiger partial charge in [0.2, 0.25) is 5.91 Å². The molecule has 150 valence electrons. The van der Waals surface area contributed by atoms with Crippen LogP contribution >= 0.6 is 0 Å². The number of rotatable bonds is 5. The normalized spacial score (nSPS) is 15.3. The highest BCUT2D eigenvalue weighted by Gasteiger charge is 2.27. The lowest BCUT2D eigenvalue weighted by molar-refractivity contribution is -0.121. The third-order valence-electron chi connectivity index (χ3n) is 6.02. The van der Waals surface area contributed by atoms with Crippen molar-refractivity contribution < 1.29 is 9.59 Å². The Morgan fingerprint density at radius 2 is 1.76 bits per heavy atom. The van der Waals surface area contributed by atoms with E-state index in [-0.39, 0.29) is 11.8 Å². The summed E-state index contributed by atoms with van der Waals surface area (Å²) in [5.41, 5.74) is 4.34. The molecule has 0 radical (unpaired) electrons. The minimum atomic E-state index is -0.456. The average molecular weight is 389 g/mol. The smallest absolute Gasteiger partial charge is 0.321 e. The number of imide groups is 1. The summed E-state index contributed by atoms with van der Waals surface area (Å²) in [6, 6.07) is 16.1. The van der Waals surface area contributed by atoms with Crippen LogP contribution in [0.5, 0.6) is 0 Å². The number of hydrogen-bond acceptors (Lipinski definition) is 2. The molecule has 1 aliphatic rings. The van der Waals surface area contributed by atoms with E-state index in [9.17, 15) is 9.59 Å². The van der Waals surface area contributed by atoms with Crippen molar-refractivity contribution in [1.29, 1.82) is 0 Å². The zero-order chi connectivity index (χ0) is 20.2. The van der Waals surface area contributed by atoms with E-state index in [0.717, 1.165) is 28.6 Å². The van der Waals surface area contributed by atoms with Crippen LogP contribution in [0.1, 0.15) is 43.6 Å². The number of carbonyl (C=O) groups is 2. The molecule has 3 N–H and O–H groups in total. The molecule has 0 bridgehead atoms. The average Bonchev–Trinajstić information content (AvgIpc) is 3.43. The van der Waals surface area contributed by atoms with Crippen molar-refractivity contribution in [2.24, 2.45) is 5.92 Å². The van der Waals surface area contributed by atoms with Crippen molar-refractivity contribution in [2.75, 3.05) is 7.05 Å². The monoisotopic (exact) mass is 389 g/mol. The van der Waals surface area contributed by atoms with Crippen LogP contribution in [0, 0.1) is 5.92 Å². The molecule has 1 unspecified atom stereocenters. The Bertz CT molecular complexity index is 1000. The highest BCUT2D eigenvalue weighted by molar-refractivity contribution is 5.97. The van der Waals surface area contributed by atoms with E-state index in [2.05, 4.69) is 52.0 Å². The quantitative estimate of drug-likeness (QED) is 0.577. The van der Waals surface area contributed by atoms with Crippen LogP contribution in [0.15, 0.2) is 54.7 Å². The molecule has 1 fully saturated rings. The van der Waals surface area contributed by atoms with Crippen molar-refractivity contribution in [2.45, 2.75) is 38.0 Å². The summed E-state index contributed by atoms with van der Waals surface area (Å²) >= 11 is 0. The Morgan fingerprint density at radius 1 is 1.03 bits per heavy atom. The number of aromatic nitrogens is 1. The van der Waals surface area contributed by atoms with Gasteiger partial charge in [0, 0.05) is 18.8 Å². The summed E-state index contributed by atoms with van der Waals surface area (Å²) < 4.78 is 0. The molecule has 3 aromatic rings. The number of amides is 3. The van der Waals surface area contributed by atoms with Gasteiger partial charge in [-0.25, -0.2) is 4.79 Å². The molecule has 1 heterocycles. The second-order valence-electron chi connectivity index (χ2n) is 7.91. The topological polar surface area (TPSA) is 74.0 Å². The standard InChI is InChI=1S/C24H27N3O2/c1-25-24(29)27-23(28)21(14-16-4-2-3-5-16)18-8-6-17(7-9-18)19-10-11-22-20(15-19)12-13-26-22/h6-13,15-16,21,26H,2-5,14H2,1H3,(H2,25,27,28,29). The van der Waals surface area contributed by atoms with Crippen LogP contribution in [0.3, 0.4) is 0 Å². The first-order valence-electron chi connectivity index (χ1n) is 10.3. The number of carbonyl (C=O) groups excluding carboxylic acids is 2. The first-order chi connectivity index (χ1) is 14.1. The second-order valence-corrected chi connectivity index (χ2v) is 7.91. The Labute approximate surface area is 170 Å². The molecule has 5 heteroatoms. The van der Waals surface area contributed by atoms with Gasteiger partial charge in [-0.15, -0.1) is 0 Å². The molecule has 1 aromatic heterocycles. The van der Waals surface area contributed by atoms with E-state index in [1.54, 1.807) is 0 Å². The maximum atomic E-state index is 12.8. The van der Waals surface area contributed by atoms with Crippen LogP contribution in [-0.4, -0.2) is 24.0 Å².